The molecule has 0 saturated carbocycles. The molecule has 1 aromatic heterocycles. The van der Waals surface area contributed by atoms with Crippen LogP contribution in [0.1, 0.15) is 9.67 Å². The SMILES string of the molecule is C=CCN=c1sc(C(=O)OC)cc(=O)n1N. The molecule has 0 aliphatic carbocycles. The highest BCUT2D eigenvalue weighted by molar-refractivity contribution is 7.11. The number of hydrogen-bond acceptors (Lipinski definition) is 6. The van der Waals surface area contributed by atoms with Gasteiger partial charge in [0.1, 0.15) is 4.88 Å². The molecule has 0 amide bonds. The summed E-state index contributed by atoms with van der Waals surface area (Å²) < 4.78 is 5.39. The van der Waals surface area contributed by atoms with Crippen LogP contribution in [-0.4, -0.2) is 24.3 Å². The summed E-state index contributed by atoms with van der Waals surface area (Å²) in [6.07, 6.45) is 1.56. The molecule has 2 N–H and O–H groups in total. The van der Waals surface area contributed by atoms with Crippen molar-refractivity contribution in [2.24, 2.45) is 4.99 Å². The molecule has 0 aliphatic heterocycles. The molecule has 0 radical (unpaired) electrons. The summed E-state index contributed by atoms with van der Waals surface area (Å²) in [7, 11) is 1.24. The van der Waals surface area contributed by atoms with E-state index in [0.717, 1.165) is 22.1 Å². The van der Waals surface area contributed by atoms with E-state index in [4.69, 9.17) is 5.84 Å². The van der Waals surface area contributed by atoms with Crippen molar-refractivity contribution in [3.8, 4) is 0 Å². The van der Waals surface area contributed by atoms with Crippen LogP contribution in [0.25, 0.3) is 0 Å². The summed E-state index contributed by atoms with van der Waals surface area (Å²) in [4.78, 5) is 27.0. The summed E-state index contributed by atoms with van der Waals surface area (Å²) in [6, 6.07) is 1.11. The van der Waals surface area contributed by atoms with E-state index in [1.54, 1.807) is 6.08 Å². The lowest BCUT2D eigenvalue weighted by molar-refractivity contribution is 0.0606. The fraction of sp³-hybridized carbons (Fsp3) is 0.222. The molecule has 1 rings (SSSR count). The maximum absolute atomic E-state index is 11.4. The van der Waals surface area contributed by atoms with E-state index in [0.29, 0.717) is 6.54 Å². The Morgan fingerprint density at radius 2 is 2.50 bits per heavy atom. The number of carbonyl (C=O) groups excluding carboxylic acids is 1. The summed E-state index contributed by atoms with van der Waals surface area (Å²) >= 11 is 0.985. The highest BCUT2D eigenvalue weighted by Crippen LogP contribution is 2.00. The van der Waals surface area contributed by atoms with E-state index in [9.17, 15) is 9.59 Å². The third-order valence-corrected chi connectivity index (χ3v) is 2.65. The molecular formula is C9H11N3O3S. The van der Waals surface area contributed by atoms with Crippen molar-refractivity contribution in [1.29, 1.82) is 0 Å². The number of hydrogen-bond donors (Lipinski definition) is 1. The van der Waals surface area contributed by atoms with Gasteiger partial charge in [-0.05, 0) is 0 Å². The van der Waals surface area contributed by atoms with Crippen LogP contribution in [0.3, 0.4) is 0 Å². The van der Waals surface area contributed by atoms with E-state index >= 15 is 0 Å². The first-order valence-corrected chi connectivity index (χ1v) is 5.13. The lowest BCUT2D eigenvalue weighted by atomic mass is 10.5. The number of carbonyl (C=O) groups is 1. The van der Waals surface area contributed by atoms with E-state index < -0.39 is 11.5 Å². The number of rotatable bonds is 3. The van der Waals surface area contributed by atoms with Crippen molar-refractivity contribution in [2.75, 3.05) is 19.5 Å². The number of methoxy groups -OCH3 is 1. The fourth-order valence-electron chi connectivity index (χ4n) is 0.905. The maximum atomic E-state index is 11.4. The van der Waals surface area contributed by atoms with Crippen LogP contribution in [-0.2, 0) is 4.74 Å². The third kappa shape index (κ3) is 2.57. The molecule has 86 valence electrons. The molecule has 0 atom stereocenters. The predicted octanol–water partition coefficient (Wildman–Crippen LogP) is -0.503. The lowest BCUT2D eigenvalue weighted by Gasteiger charge is -2.00. The first-order chi connectivity index (χ1) is 7.60. The average molecular weight is 241 g/mol. The average Bonchev–Trinajstić information content (AvgIpc) is 2.29. The summed E-state index contributed by atoms with van der Waals surface area (Å²) in [5.74, 6) is 4.88. The van der Waals surface area contributed by atoms with Crippen LogP contribution < -0.4 is 16.2 Å². The van der Waals surface area contributed by atoms with Gasteiger partial charge in [0.05, 0.1) is 13.7 Å². The standard InChI is InChI=1S/C9H11N3O3S/c1-3-4-11-9-12(10)7(13)5-6(16-9)8(14)15-2/h3,5H,1,4,10H2,2H3. The van der Waals surface area contributed by atoms with Crippen molar-refractivity contribution in [2.45, 2.75) is 0 Å². The number of aromatic nitrogens is 1. The Labute approximate surface area is 95.3 Å². The van der Waals surface area contributed by atoms with Gasteiger partial charge in [0, 0.05) is 6.07 Å². The second-order valence-corrected chi connectivity index (χ2v) is 3.73. The zero-order valence-corrected chi connectivity index (χ0v) is 9.49. The van der Waals surface area contributed by atoms with Gasteiger partial charge in [-0.3, -0.25) is 9.79 Å². The van der Waals surface area contributed by atoms with Crippen LogP contribution in [0.4, 0.5) is 0 Å². The van der Waals surface area contributed by atoms with Crippen LogP contribution in [0.2, 0.25) is 0 Å². The molecule has 0 saturated heterocycles. The molecule has 6 nitrogen and oxygen atoms in total. The molecule has 16 heavy (non-hydrogen) atoms. The second kappa shape index (κ2) is 5.26. The van der Waals surface area contributed by atoms with Gasteiger partial charge in [0.15, 0.2) is 0 Å². The molecular weight excluding hydrogens is 230 g/mol. The minimum Gasteiger partial charge on any atom is -0.465 e. The van der Waals surface area contributed by atoms with Crippen molar-refractivity contribution in [3.05, 3.63) is 38.8 Å². The van der Waals surface area contributed by atoms with Gasteiger partial charge in [-0.25, -0.2) is 4.79 Å². The van der Waals surface area contributed by atoms with Crippen molar-refractivity contribution in [3.63, 3.8) is 0 Å². The van der Waals surface area contributed by atoms with Gasteiger partial charge < -0.3 is 10.6 Å². The molecule has 0 bridgehead atoms. The first-order valence-electron chi connectivity index (χ1n) is 4.32. The number of ether oxygens (including phenoxy) is 1. The molecule has 1 aromatic rings. The van der Waals surface area contributed by atoms with Crippen molar-refractivity contribution in [1.82, 2.24) is 4.68 Å². The smallest absolute Gasteiger partial charge is 0.348 e. The van der Waals surface area contributed by atoms with Crippen LogP contribution in [0.5, 0.6) is 0 Å². The Hall–Kier alpha value is -1.89. The molecule has 0 spiro atoms. The van der Waals surface area contributed by atoms with Crippen LogP contribution in [0.15, 0.2) is 28.5 Å². The summed E-state index contributed by atoms with van der Waals surface area (Å²) in [5, 5.41) is 0. The number of nitrogens with two attached hydrogens (primary N) is 1. The molecule has 0 unspecified atom stereocenters. The fourth-order valence-corrected chi connectivity index (χ4v) is 1.76. The Balaban J connectivity index is 3.39. The quantitative estimate of drug-likeness (QED) is 0.439. The number of esters is 1. The predicted molar refractivity (Wildman–Crippen MR) is 60.7 cm³/mol. The minimum atomic E-state index is -0.585. The van der Waals surface area contributed by atoms with E-state index in [1.807, 2.05) is 0 Å². The summed E-state index contributed by atoms with van der Waals surface area (Å²) in [6.45, 7) is 3.81. The monoisotopic (exact) mass is 241 g/mol. The molecule has 1 heterocycles. The van der Waals surface area contributed by atoms with Crippen molar-refractivity contribution >= 4 is 17.3 Å². The van der Waals surface area contributed by atoms with Crippen LogP contribution in [0, 0.1) is 0 Å². The number of nitrogens with zero attached hydrogens (tertiary/aromatic N) is 2. The Morgan fingerprint density at radius 1 is 1.81 bits per heavy atom. The third-order valence-electron chi connectivity index (χ3n) is 1.64. The molecule has 0 fully saturated rings. The zero-order valence-electron chi connectivity index (χ0n) is 8.67. The second-order valence-electron chi connectivity index (χ2n) is 2.72. The largest absolute Gasteiger partial charge is 0.465 e. The molecule has 0 aromatic carbocycles. The maximum Gasteiger partial charge on any atom is 0.348 e. The van der Waals surface area contributed by atoms with Gasteiger partial charge in [0.25, 0.3) is 5.56 Å². The Bertz CT molecular complexity index is 530. The summed E-state index contributed by atoms with van der Waals surface area (Å²) in [5.41, 5.74) is -0.512. The van der Waals surface area contributed by atoms with Gasteiger partial charge in [-0.1, -0.05) is 17.4 Å². The van der Waals surface area contributed by atoms with E-state index in [1.165, 1.54) is 7.11 Å². The van der Waals surface area contributed by atoms with E-state index in [-0.39, 0.29) is 9.68 Å². The highest BCUT2D eigenvalue weighted by Gasteiger charge is 2.09. The normalized spacial score (nSPS) is 11.2. The topological polar surface area (TPSA) is 86.7 Å². The molecule has 7 heteroatoms. The highest BCUT2D eigenvalue weighted by atomic mass is 32.1. The zero-order chi connectivity index (χ0) is 12.1. The van der Waals surface area contributed by atoms with E-state index in [2.05, 4.69) is 16.3 Å². The van der Waals surface area contributed by atoms with Crippen molar-refractivity contribution < 1.29 is 9.53 Å². The Kier molecular flexibility index (Phi) is 4.01. The van der Waals surface area contributed by atoms with Gasteiger partial charge in [-0.15, -0.1) is 6.58 Å². The van der Waals surface area contributed by atoms with Crippen LogP contribution >= 0.6 is 11.3 Å². The Morgan fingerprint density at radius 3 is 3.06 bits per heavy atom. The van der Waals surface area contributed by atoms with Gasteiger partial charge in [-0.2, -0.15) is 4.68 Å². The van der Waals surface area contributed by atoms with Gasteiger partial charge in [0.2, 0.25) is 4.80 Å². The first kappa shape index (κ1) is 12.2. The molecule has 0 aliphatic rings. The lowest BCUT2D eigenvalue weighted by Crippen LogP contribution is -2.38. The minimum absolute atomic E-state index is 0.164. The number of nitrogen functional groups attached to an aromatic ring is 1. The van der Waals surface area contributed by atoms with Gasteiger partial charge >= 0.3 is 5.97 Å².